The molecule has 0 fully saturated rings. The Morgan fingerprint density at radius 2 is 1.88 bits per heavy atom. The van der Waals surface area contributed by atoms with E-state index in [-0.39, 0.29) is 7.33 Å². The number of hydrogen-bond acceptors (Lipinski definition) is 6. The second-order valence-electron chi connectivity index (χ2n) is 7.82. The second kappa shape index (κ2) is 10.5. The molecule has 0 aliphatic heterocycles. The van der Waals surface area contributed by atoms with Gasteiger partial charge in [0.05, 0.1) is 29.4 Å². The van der Waals surface area contributed by atoms with Gasteiger partial charge in [0.15, 0.2) is 0 Å². The van der Waals surface area contributed by atoms with Gasteiger partial charge in [-0.3, -0.25) is 4.79 Å². The Hall–Kier alpha value is -4.44. The Kier molecular flexibility index (Phi) is 6.99. The standard InChI is InChI=1S/C27H25N5O2.H2/c1-3-32(18-21-7-5-4-6-8-21)26(33)24-17-30-27(29-16-23-14-9-19(2)34-23)31-25(24)22-12-10-20(15-28)11-13-22;/h4-14,17H,3,16,18H2,1-2H3,(H,29,30,31);1H. The number of nitrogens with one attached hydrogen (secondary N) is 1. The molecule has 0 atom stereocenters. The predicted molar refractivity (Wildman–Crippen MR) is 132 cm³/mol. The number of anilines is 1. The van der Waals surface area contributed by atoms with Gasteiger partial charge < -0.3 is 14.6 Å². The van der Waals surface area contributed by atoms with Crippen LogP contribution in [0.25, 0.3) is 11.3 Å². The van der Waals surface area contributed by atoms with E-state index < -0.39 is 0 Å². The molecule has 2 aromatic carbocycles. The summed E-state index contributed by atoms with van der Waals surface area (Å²) in [6.45, 7) is 5.28. The van der Waals surface area contributed by atoms with Crippen LogP contribution in [0, 0.1) is 18.3 Å². The van der Waals surface area contributed by atoms with Gasteiger partial charge in [-0.25, -0.2) is 9.97 Å². The highest BCUT2D eigenvalue weighted by Gasteiger charge is 2.21. The van der Waals surface area contributed by atoms with E-state index in [1.165, 1.54) is 0 Å². The molecule has 7 nitrogen and oxygen atoms in total. The molecular formula is C27H27N5O2. The summed E-state index contributed by atoms with van der Waals surface area (Å²) in [4.78, 5) is 24.4. The molecule has 1 amide bonds. The molecule has 2 aromatic heterocycles. The van der Waals surface area contributed by atoms with Crippen molar-refractivity contribution >= 4 is 11.9 Å². The molecule has 4 rings (SSSR count). The van der Waals surface area contributed by atoms with Crippen molar-refractivity contribution in [2.45, 2.75) is 26.9 Å². The van der Waals surface area contributed by atoms with Crippen LogP contribution < -0.4 is 5.32 Å². The van der Waals surface area contributed by atoms with Crippen LogP contribution in [0.3, 0.4) is 0 Å². The summed E-state index contributed by atoms with van der Waals surface area (Å²) in [6.07, 6.45) is 1.56. The van der Waals surface area contributed by atoms with Gasteiger partial charge in [0, 0.05) is 26.3 Å². The Morgan fingerprint density at radius 3 is 2.53 bits per heavy atom. The maximum atomic E-state index is 13.5. The smallest absolute Gasteiger partial charge is 0.257 e. The van der Waals surface area contributed by atoms with Crippen LogP contribution in [0.15, 0.2) is 77.3 Å². The molecule has 1 N–H and O–H groups in total. The molecule has 0 saturated carbocycles. The number of carbonyl (C=O) groups is 1. The maximum absolute atomic E-state index is 13.5. The third kappa shape index (κ3) is 5.30. The number of aryl methyl sites for hydroxylation is 1. The van der Waals surface area contributed by atoms with Crippen LogP contribution >= 0.6 is 0 Å². The summed E-state index contributed by atoms with van der Waals surface area (Å²) in [5.74, 6) is 1.83. The van der Waals surface area contributed by atoms with Crippen molar-refractivity contribution < 1.29 is 10.6 Å². The van der Waals surface area contributed by atoms with Crippen molar-refractivity contribution in [2.24, 2.45) is 0 Å². The Labute approximate surface area is 200 Å². The van der Waals surface area contributed by atoms with E-state index in [0.29, 0.717) is 42.4 Å². The minimum absolute atomic E-state index is 0. The molecule has 0 bridgehead atoms. The highest BCUT2D eigenvalue weighted by molar-refractivity contribution is 5.99. The third-order valence-corrected chi connectivity index (χ3v) is 5.41. The van der Waals surface area contributed by atoms with Crippen molar-refractivity contribution in [1.82, 2.24) is 14.9 Å². The van der Waals surface area contributed by atoms with E-state index in [2.05, 4.69) is 21.4 Å². The van der Waals surface area contributed by atoms with Crippen LogP contribution in [-0.2, 0) is 13.1 Å². The summed E-state index contributed by atoms with van der Waals surface area (Å²) in [7, 11) is 0. The molecule has 0 aliphatic rings. The molecule has 34 heavy (non-hydrogen) atoms. The molecule has 0 spiro atoms. The van der Waals surface area contributed by atoms with Crippen LogP contribution in [0.2, 0.25) is 0 Å². The summed E-state index contributed by atoms with van der Waals surface area (Å²) in [6, 6.07) is 22.8. The number of hydrogen-bond donors (Lipinski definition) is 1. The molecule has 0 unspecified atom stereocenters. The number of nitrogens with zero attached hydrogens (tertiary/aromatic N) is 4. The van der Waals surface area contributed by atoms with Gasteiger partial charge in [0.25, 0.3) is 5.91 Å². The number of nitriles is 1. The first-order valence-corrected chi connectivity index (χ1v) is 11.1. The first-order chi connectivity index (χ1) is 16.6. The Balaban J connectivity index is 0.00000342. The summed E-state index contributed by atoms with van der Waals surface area (Å²) < 4.78 is 5.60. The van der Waals surface area contributed by atoms with Crippen LogP contribution in [0.5, 0.6) is 0 Å². The second-order valence-corrected chi connectivity index (χ2v) is 7.82. The zero-order chi connectivity index (χ0) is 23.9. The number of aromatic nitrogens is 2. The van der Waals surface area contributed by atoms with Gasteiger partial charge in [-0.15, -0.1) is 0 Å². The van der Waals surface area contributed by atoms with Crippen molar-refractivity contribution in [3.63, 3.8) is 0 Å². The number of amides is 1. The summed E-state index contributed by atoms with van der Waals surface area (Å²) in [5, 5.41) is 12.3. The fraction of sp³-hybridized carbons (Fsp3) is 0.185. The summed E-state index contributed by atoms with van der Waals surface area (Å²) >= 11 is 0. The highest BCUT2D eigenvalue weighted by atomic mass is 16.3. The molecule has 172 valence electrons. The lowest BCUT2D eigenvalue weighted by Crippen LogP contribution is -2.31. The maximum Gasteiger partial charge on any atom is 0.257 e. The highest BCUT2D eigenvalue weighted by Crippen LogP contribution is 2.25. The van der Waals surface area contributed by atoms with Gasteiger partial charge in [-0.2, -0.15) is 5.26 Å². The lowest BCUT2D eigenvalue weighted by atomic mass is 10.0. The topological polar surface area (TPSA) is 95.1 Å². The molecule has 0 saturated heterocycles. The number of rotatable bonds is 8. The van der Waals surface area contributed by atoms with Crippen molar-refractivity contribution in [3.8, 4) is 17.3 Å². The van der Waals surface area contributed by atoms with E-state index in [1.807, 2.05) is 56.3 Å². The number of furan rings is 1. The average Bonchev–Trinajstić information content (AvgIpc) is 3.31. The minimum Gasteiger partial charge on any atom is -0.465 e. The monoisotopic (exact) mass is 453 g/mol. The molecule has 7 heteroatoms. The first kappa shape index (κ1) is 22.7. The average molecular weight is 454 g/mol. The quantitative estimate of drug-likeness (QED) is 0.382. The van der Waals surface area contributed by atoms with Gasteiger partial charge >= 0.3 is 0 Å². The van der Waals surface area contributed by atoms with E-state index in [9.17, 15) is 4.79 Å². The first-order valence-electron chi connectivity index (χ1n) is 11.1. The summed E-state index contributed by atoms with van der Waals surface area (Å²) in [5.41, 5.74) is 3.23. The fourth-order valence-corrected chi connectivity index (χ4v) is 3.59. The van der Waals surface area contributed by atoms with Gasteiger partial charge in [-0.1, -0.05) is 42.5 Å². The minimum atomic E-state index is -0.154. The molecular weight excluding hydrogens is 426 g/mol. The molecule has 0 aliphatic carbocycles. The van der Waals surface area contributed by atoms with Gasteiger partial charge in [0.2, 0.25) is 5.95 Å². The zero-order valence-corrected chi connectivity index (χ0v) is 19.2. The number of carbonyl (C=O) groups excluding carboxylic acids is 1. The number of benzene rings is 2. The molecule has 4 aromatic rings. The Bertz CT molecular complexity index is 1310. The lowest BCUT2D eigenvalue weighted by molar-refractivity contribution is 0.0752. The van der Waals surface area contributed by atoms with Gasteiger partial charge in [0.1, 0.15) is 11.5 Å². The Morgan fingerprint density at radius 1 is 1.12 bits per heavy atom. The van der Waals surface area contributed by atoms with Crippen molar-refractivity contribution in [1.29, 1.82) is 5.26 Å². The third-order valence-electron chi connectivity index (χ3n) is 5.41. The van der Waals surface area contributed by atoms with Crippen molar-refractivity contribution in [3.05, 3.63) is 101 Å². The SMILES string of the molecule is CCN(Cc1ccccc1)C(=O)c1cnc(NCc2ccc(C)o2)nc1-c1ccc(C#N)cc1.[HH]. The normalized spacial score (nSPS) is 10.5. The van der Waals surface area contributed by atoms with Crippen molar-refractivity contribution in [2.75, 3.05) is 11.9 Å². The lowest BCUT2D eigenvalue weighted by Gasteiger charge is -2.22. The fourth-order valence-electron chi connectivity index (χ4n) is 3.59. The van der Waals surface area contributed by atoms with Crippen LogP contribution in [0.1, 0.15) is 41.4 Å². The molecule has 0 radical (unpaired) electrons. The predicted octanol–water partition coefficient (Wildman–Crippen LogP) is 5.44. The van der Waals surface area contributed by atoms with Crippen LogP contribution in [-0.4, -0.2) is 27.3 Å². The van der Waals surface area contributed by atoms with Gasteiger partial charge in [-0.05, 0) is 43.7 Å². The van der Waals surface area contributed by atoms with E-state index in [1.54, 1.807) is 35.4 Å². The largest absolute Gasteiger partial charge is 0.465 e. The molecule has 2 heterocycles. The van der Waals surface area contributed by atoms with E-state index in [4.69, 9.17) is 9.68 Å². The zero-order valence-electron chi connectivity index (χ0n) is 19.2. The van der Waals surface area contributed by atoms with E-state index in [0.717, 1.165) is 22.6 Å². The van der Waals surface area contributed by atoms with E-state index >= 15 is 0 Å². The van der Waals surface area contributed by atoms with Crippen LogP contribution in [0.4, 0.5) is 5.95 Å².